The van der Waals surface area contributed by atoms with Crippen molar-refractivity contribution in [1.29, 1.82) is 0 Å². The van der Waals surface area contributed by atoms with Gasteiger partial charge in [-0.1, -0.05) is 24.6 Å². The summed E-state index contributed by atoms with van der Waals surface area (Å²) in [5.41, 5.74) is 1.89. The number of anilines is 2. The summed E-state index contributed by atoms with van der Waals surface area (Å²) >= 11 is 0. The highest BCUT2D eigenvalue weighted by atomic mass is 19.4. The number of rotatable bonds is 5. The van der Waals surface area contributed by atoms with E-state index in [0.29, 0.717) is 31.6 Å². The van der Waals surface area contributed by atoms with E-state index < -0.39 is 17.7 Å². The summed E-state index contributed by atoms with van der Waals surface area (Å²) in [6.45, 7) is 5.59. The SMILES string of the molecule is O=C(NCCN1CCCCC1)[C@H]1Cc2cc(C(F)(F)F)ccc2N2CCN(c3ccccc3)C[C@@H]12. The molecule has 8 heteroatoms. The van der Waals surface area contributed by atoms with Crippen molar-refractivity contribution in [1.82, 2.24) is 10.2 Å². The summed E-state index contributed by atoms with van der Waals surface area (Å²) in [6.07, 6.45) is -0.426. The predicted molar refractivity (Wildman–Crippen MR) is 132 cm³/mol. The Morgan fingerprint density at radius 2 is 1.74 bits per heavy atom. The summed E-state index contributed by atoms with van der Waals surface area (Å²) in [5.74, 6) is -0.464. The van der Waals surface area contributed by atoms with Gasteiger partial charge in [-0.3, -0.25) is 4.79 Å². The number of likely N-dealkylation sites (tertiary alicyclic amines) is 1. The Morgan fingerprint density at radius 3 is 2.49 bits per heavy atom. The molecule has 188 valence electrons. The zero-order chi connectivity index (χ0) is 24.4. The van der Waals surface area contributed by atoms with E-state index in [1.165, 1.54) is 31.4 Å². The van der Waals surface area contributed by atoms with Crippen LogP contribution in [0.4, 0.5) is 24.5 Å². The van der Waals surface area contributed by atoms with Crippen molar-refractivity contribution in [3.8, 4) is 0 Å². The Balaban J connectivity index is 1.36. The van der Waals surface area contributed by atoms with Crippen LogP contribution in [0.5, 0.6) is 0 Å². The van der Waals surface area contributed by atoms with Crippen molar-refractivity contribution in [2.24, 2.45) is 5.92 Å². The maximum atomic E-state index is 13.4. The molecule has 3 aliphatic rings. The molecule has 2 fully saturated rings. The quantitative estimate of drug-likeness (QED) is 0.689. The van der Waals surface area contributed by atoms with E-state index in [1.54, 1.807) is 6.07 Å². The molecule has 3 heterocycles. The van der Waals surface area contributed by atoms with Crippen molar-refractivity contribution in [2.45, 2.75) is 37.9 Å². The number of piperazine rings is 1. The molecular formula is C27H33F3N4O. The van der Waals surface area contributed by atoms with Crippen LogP contribution in [0.25, 0.3) is 0 Å². The molecule has 5 rings (SSSR count). The van der Waals surface area contributed by atoms with E-state index in [4.69, 9.17) is 0 Å². The molecule has 1 N–H and O–H groups in total. The minimum atomic E-state index is -4.40. The number of carbonyl (C=O) groups is 1. The second-order valence-electron chi connectivity index (χ2n) is 9.89. The van der Waals surface area contributed by atoms with Gasteiger partial charge in [-0.05, 0) is 68.2 Å². The smallest absolute Gasteiger partial charge is 0.368 e. The van der Waals surface area contributed by atoms with E-state index in [9.17, 15) is 18.0 Å². The van der Waals surface area contributed by atoms with Gasteiger partial charge in [0.2, 0.25) is 5.91 Å². The van der Waals surface area contributed by atoms with Crippen LogP contribution in [0.15, 0.2) is 48.5 Å². The fourth-order valence-corrected chi connectivity index (χ4v) is 5.82. The number of halogens is 3. The number of benzene rings is 2. The molecule has 0 radical (unpaired) electrons. The summed E-state index contributed by atoms with van der Waals surface area (Å²) in [7, 11) is 0. The second-order valence-corrected chi connectivity index (χ2v) is 9.89. The number of para-hydroxylation sites is 1. The van der Waals surface area contributed by atoms with Gasteiger partial charge < -0.3 is 20.0 Å². The van der Waals surface area contributed by atoms with Crippen LogP contribution >= 0.6 is 0 Å². The average Bonchev–Trinajstić information content (AvgIpc) is 2.88. The van der Waals surface area contributed by atoms with Crippen molar-refractivity contribution in [2.75, 3.05) is 55.6 Å². The highest BCUT2D eigenvalue weighted by Crippen LogP contribution is 2.40. The molecular weight excluding hydrogens is 453 g/mol. The maximum absolute atomic E-state index is 13.4. The topological polar surface area (TPSA) is 38.8 Å². The maximum Gasteiger partial charge on any atom is 0.416 e. The normalized spacial score (nSPS) is 22.9. The molecule has 0 unspecified atom stereocenters. The predicted octanol–water partition coefficient (Wildman–Crippen LogP) is 4.18. The van der Waals surface area contributed by atoms with Crippen molar-refractivity contribution >= 4 is 17.3 Å². The third-order valence-electron chi connectivity index (χ3n) is 7.67. The largest absolute Gasteiger partial charge is 0.416 e. The number of fused-ring (bicyclic) bond motifs is 3. The van der Waals surface area contributed by atoms with Gasteiger partial charge in [-0.15, -0.1) is 0 Å². The molecule has 2 atom stereocenters. The van der Waals surface area contributed by atoms with Gasteiger partial charge >= 0.3 is 6.18 Å². The first-order valence-corrected chi connectivity index (χ1v) is 12.7. The van der Waals surface area contributed by atoms with Gasteiger partial charge in [0.1, 0.15) is 0 Å². The number of nitrogens with one attached hydrogen (secondary N) is 1. The molecule has 0 spiro atoms. The van der Waals surface area contributed by atoms with Crippen LogP contribution in [-0.4, -0.2) is 62.7 Å². The number of carbonyl (C=O) groups excluding carboxylic acids is 1. The van der Waals surface area contributed by atoms with Crippen LogP contribution in [0.1, 0.15) is 30.4 Å². The lowest BCUT2D eigenvalue weighted by molar-refractivity contribution is -0.137. The van der Waals surface area contributed by atoms with Crippen LogP contribution in [0, 0.1) is 5.92 Å². The molecule has 0 saturated carbocycles. The molecule has 2 aromatic carbocycles. The third kappa shape index (κ3) is 5.27. The van der Waals surface area contributed by atoms with E-state index in [0.717, 1.165) is 37.6 Å². The minimum absolute atomic E-state index is 0.0602. The monoisotopic (exact) mass is 486 g/mol. The molecule has 2 saturated heterocycles. The fraction of sp³-hybridized carbons (Fsp3) is 0.519. The average molecular weight is 487 g/mol. The number of hydrogen-bond acceptors (Lipinski definition) is 4. The van der Waals surface area contributed by atoms with Gasteiger partial charge in [0.05, 0.1) is 17.5 Å². The Morgan fingerprint density at radius 1 is 0.971 bits per heavy atom. The van der Waals surface area contributed by atoms with E-state index in [2.05, 4.69) is 32.1 Å². The number of amides is 1. The van der Waals surface area contributed by atoms with Crippen LogP contribution in [0.2, 0.25) is 0 Å². The van der Waals surface area contributed by atoms with E-state index in [1.807, 2.05) is 18.2 Å². The summed E-state index contributed by atoms with van der Waals surface area (Å²) in [5, 5.41) is 3.11. The van der Waals surface area contributed by atoms with Crippen molar-refractivity contribution in [3.63, 3.8) is 0 Å². The zero-order valence-corrected chi connectivity index (χ0v) is 19.9. The highest BCUT2D eigenvalue weighted by Gasteiger charge is 2.42. The van der Waals surface area contributed by atoms with Crippen molar-refractivity contribution in [3.05, 3.63) is 59.7 Å². The Kier molecular flexibility index (Phi) is 6.91. The van der Waals surface area contributed by atoms with Gasteiger partial charge in [0.25, 0.3) is 0 Å². The second kappa shape index (κ2) is 10.1. The summed E-state index contributed by atoms with van der Waals surface area (Å²) < 4.78 is 40.3. The Hall–Kier alpha value is -2.74. The lowest BCUT2D eigenvalue weighted by Gasteiger charge is -2.49. The zero-order valence-electron chi connectivity index (χ0n) is 19.9. The molecule has 0 bridgehead atoms. The first-order chi connectivity index (χ1) is 16.9. The van der Waals surface area contributed by atoms with Crippen molar-refractivity contribution < 1.29 is 18.0 Å². The van der Waals surface area contributed by atoms with Crippen LogP contribution in [-0.2, 0) is 17.4 Å². The molecule has 0 aliphatic carbocycles. The third-order valence-corrected chi connectivity index (χ3v) is 7.67. The number of piperidine rings is 1. The highest BCUT2D eigenvalue weighted by molar-refractivity contribution is 5.82. The molecule has 0 aromatic heterocycles. The van der Waals surface area contributed by atoms with Gasteiger partial charge in [0.15, 0.2) is 0 Å². The lowest BCUT2D eigenvalue weighted by atomic mass is 9.82. The van der Waals surface area contributed by atoms with E-state index >= 15 is 0 Å². The lowest BCUT2D eigenvalue weighted by Crippen LogP contribution is -2.61. The molecule has 35 heavy (non-hydrogen) atoms. The van der Waals surface area contributed by atoms with Gasteiger partial charge in [-0.2, -0.15) is 13.2 Å². The number of hydrogen-bond donors (Lipinski definition) is 1. The standard InChI is InChI=1S/C27H33F3N4O/c28-27(29,30)21-9-10-24-20(17-21)18-23(26(35)31-11-14-32-12-5-2-6-13-32)25-19-33(15-16-34(24)25)22-7-3-1-4-8-22/h1,3-4,7-10,17,23,25H,2,5-6,11-16,18-19H2,(H,31,35)/t23-,25-/m0/s1. The Labute approximate surface area is 204 Å². The van der Waals surface area contributed by atoms with Gasteiger partial charge in [0, 0.05) is 44.1 Å². The van der Waals surface area contributed by atoms with Crippen LogP contribution in [0.3, 0.4) is 0 Å². The number of nitrogens with zero attached hydrogens (tertiary/aromatic N) is 3. The molecule has 2 aromatic rings. The molecule has 3 aliphatic heterocycles. The first-order valence-electron chi connectivity index (χ1n) is 12.7. The van der Waals surface area contributed by atoms with Gasteiger partial charge in [-0.25, -0.2) is 0 Å². The summed E-state index contributed by atoms with van der Waals surface area (Å²) in [6, 6.07) is 14.0. The minimum Gasteiger partial charge on any atom is -0.368 e. The molecule has 1 amide bonds. The van der Waals surface area contributed by atoms with Crippen LogP contribution < -0.4 is 15.1 Å². The number of alkyl halides is 3. The van der Waals surface area contributed by atoms with E-state index in [-0.39, 0.29) is 11.9 Å². The fourth-order valence-electron chi connectivity index (χ4n) is 5.82. The molecule has 5 nitrogen and oxygen atoms in total. The first kappa shape index (κ1) is 24.0. The Bertz CT molecular complexity index is 1020. The summed E-state index contributed by atoms with van der Waals surface area (Å²) in [4.78, 5) is 20.2.